The van der Waals surface area contributed by atoms with E-state index in [9.17, 15) is 9.59 Å². The van der Waals surface area contributed by atoms with Crippen LogP contribution in [0, 0.1) is 0 Å². The Balaban J connectivity index is 0.00000253. The predicted octanol–water partition coefficient (Wildman–Crippen LogP) is -2.68. The average Bonchev–Trinajstić information content (AvgIpc) is 2.91. The van der Waals surface area contributed by atoms with E-state index in [1.165, 1.54) is 12.4 Å². The molecule has 0 fully saturated rings. The van der Waals surface area contributed by atoms with Crippen LogP contribution in [-0.2, 0) is 13.1 Å². The largest absolute Gasteiger partial charge is 1.00 e. The molecule has 0 unspecified atom stereocenters. The summed E-state index contributed by atoms with van der Waals surface area (Å²) >= 11 is 0. The highest BCUT2D eigenvalue weighted by Gasteiger charge is 2.14. The molecule has 0 bridgehead atoms. The van der Waals surface area contributed by atoms with Gasteiger partial charge in [0.2, 0.25) is 24.7 Å². The van der Waals surface area contributed by atoms with Crippen LogP contribution in [0.2, 0.25) is 0 Å². The van der Waals surface area contributed by atoms with Crippen molar-refractivity contribution in [2.75, 3.05) is 0 Å². The van der Waals surface area contributed by atoms with E-state index in [-0.39, 0.29) is 58.6 Å². The molecule has 0 aliphatic rings. The lowest BCUT2D eigenvalue weighted by Gasteiger charge is -2.05. The van der Waals surface area contributed by atoms with Crippen molar-refractivity contribution in [1.29, 1.82) is 0 Å². The Bertz CT molecular complexity index is 1290. The van der Waals surface area contributed by atoms with Crippen LogP contribution in [0.3, 0.4) is 0 Å². The van der Waals surface area contributed by atoms with Gasteiger partial charge in [-0.3, -0.25) is 9.59 Å². The minimum absolute atomic E-state index is 0. The van der Waals surface area contributed by atoms with E-state index in [4.69, 9.17) is 10.4 Å². The predicted molar refractivity (Wildman–Crippen MR) is 133 cm³/mol. The molecular weight excluding hydrogens is 616 g/mol. The number of hydrogen-bond donors (Lipinski definition) is 2. The maximum absolute atomic E-state index is 12.6. The number of pyridine rings is 2. The summed E-state index contributed by atoms with van der Waals surface area (Å²) in [4.78, 5) is 25.3. The van der Waals surface area contributed by atoms with Crippen molar-refractivity contribution in [1.82, 2.24) is 0 Å². The molecule has 2 aromatic heterocycles. The monoisotopic (exact) mass is 638 g/mol. The Hall–Kier alpha value is -4.02. The minimum atomic E-state index is -0.0229. The summed E-state index contributed by atoms with van der Waals surface area (Å²) in [7, 11) is 0. The van der Waals surface area contributed by atoms with Crippen LogP contribution in [0.15, 0.2) is 108 Å². The maximum Gasteiger partial charge on any atom is 0.227 e. The first-order valence-corrected chi connectivity index (χ1v) is 11.2. The zero-order valence-corrected chi connectivity index (χ0v) is 23.2. The van der Waals surface area contributed by atoms with E-state index in [0.717, 1.165) is 22.3 Å². The van der Waals surface area contributed by atoms with Crippen LogP contribution >= 0.6 is 0 Å². The van der Waals surface area contributed by atoms with Crippen LogP contribution in [-0.4, -0.2) is 34.4 Å². The first-order chi connectivity index (χ1) is 17.6. The summed E-state index contributed by atoms with van der Waals surface area (Å²) in [6.45, 7) is 0.394. The number of oxime groups is 2. The number of ketones is 2. The lowest BCUT2D eigenvalue weighted by Crippen LogP contribution is -3.00. The zero-order valence-electron chi connectivity index (χ0n) is 20.1. The maximum atomic E-state index is 12.6. The number of benzene rings is 2. The van der Waals surface area contributed by atoms with Gasteiger partial charge in [-0.1, -0.05) is 58.8 Å². The molecule has 0 aliphatic heterocycles. The highest BCUT2D eigenvalue weighted by molar-refractivity contribution is 5.96. The first-order valence-electron chi connectivity index (χ1n) is 11.2. The normalized spacial score (nSPS) is 10.6. The molecule has 0 spiro atoms. The second-order valence-electron chi connectivity index (χ2n) is 8.10. The third-order valence-corrected chi connectivity index (χ3v) is 5.65. The Labute approximate surface area is 240 Å². The molecule has 4 rings (SSSR count). The molecule has 2 aromatic carbocycles. The van der Waals surface area contributed by atoms with Gasteiger partial charge in [-0.25, -0.2) is 0 Å². The fourth-order valence-corrected chi connectivity index (χ4v) is 3.67. The van der Waals surface area contributed by atoms with Gasteiger partial charge in [0, 0.05) is 46.5 Å². The Morgan fingerprint density at radius 2 is 0.895 bits per heavy atom. The first kappa shape index (κ1) is 30.2. The van der Waals surface area contributed by atoms with Crippen molar-refractivity contribution in [2.45, 2.75) is 13.1 Å². The summed E-state index contributed by atoms with van der Waals surface area (Å²) < 4.78 is 3.52. The molecule has 0 saturated carbocycles. The van der Waals surface area contributed by atoms with Crippen molar-refractivity contribution in [3.8, 4) is 11.1 Å². The standard InChI is InChI=1S/C28H22N4O4.2BrH/c33-27(19-31-13-9-21(10-14-31)17-29-35)25-5-1-23(2-6-25)24-3-7-26(8-4-24)28(34)20-32-15-11-22(12-16-32)18-30-36;;/h1-18H,19-20H2;2*1H. The molecule has 0 saturated heterocycles. The summed E-state index contributed by atoms with van der Waals surface area (Å²) in [6.07, 6.45) is 9.66. The molecular formula is C28H24Br2N4O4. The highest BCUT2D eigenvalue weighted by atomic mass is 79.9. The van der Waals surface area contributed by atoms with Crippen molar-refractivity contribution >= 4 is 24.0 Å². The Kier molecular flexibility index (Phi) is 11.6. The zero-order chi connectivity index (χ0) is 25.3. The molecule has 38 heavy (non-hydrogen) atoms. The van der Waals surface area contributed by atoms with Crippen LogP contribution < -0.4 is 43.1 Å². The second-order valence-corrected chi connectivity index (χ2v) is 8.10. The van der Waals surface area contributed by atoms with Crippen LogP contribution in [0.5, 0.6) is 0 Å². The van der Waals surface area contributed by atoms with Crippen molar-refractivity contribution in [2.24, 2.45) is 10.3 Å². The van der Waals surface area contributed by atoms with Gasteiger partial charge >= 0.3 is 0 Å². The van der Waals surface area contributed by atoms with E-state index in [1.807, 2.05) is 24.3 Å². The van der Waals surface area contributed by atoms with Gasteiger partial charge in [0.05, 0.1) is 12.4 Å². The molecule has 0 aliphatic carbocycles. The summed E-state index contributed by atoms with van der Waals surface area (Å²) in [5.74, 6) is -0.0458. The summed E-state index contributed by atoms with van der Waals surface area (Å²) in [5.41, 5.74) is 4.57. The number of halogens is 2. The van der Waals surface area contributed by atoms with E-state index in [1.54, 1.807) is 82.5 Å². The average molecular weight is 640 g/mol. The Morgan fingerprint density at radius 3 is 1.18 bits per heavy atom. The molecule has 0 amide bonds. The molecule has 10 heteroatoms. The minimum Gasteiger partial charge on any atom is -1.00 e. The molecule has 0 radical (unpaired) electrons. The third kappa shape index (κ3) is 7.99. The van der Waals surface area contributed by atoms with Crippen molar-refractivity contribution in [3.63, 3.8) is 0 Å². The van der Waals surface area contributed by atoms with Gasteiger partial charge < -0.3 is 44.4 Å². The van der Waals surface area contributed by atoms with Crippen LogP contribution in [0.25, 0.3) is 11.1 Å². The molecule has 2 heterocycles. The summed E-state index contributed by atoms with van der Waals surface area (Å²) in [6, 6.07) is 21.8. The SMILES string of the molecule is O=C(C[n+]1ccc(C=NO)cc1)c1ccc(-c2ccc(C(=O)C[n+]3ccc(C=NO)cc3)cc2)cc1.[Br-].[Br-]. The fraction of sp³-hybridized carbons (Fsp3) is 0.0714. The number of hydrogen-bond acceptors (Lipinski definition) is 6. The molecule has 4 aromatic rings. The van der Waals surface area contributed by atoms with Crippen LogP contribution in [0.4, 0.5) is 0 Å². The van der Waals surface area contributed by atoms with Gasteiger partial charge in [0.25, 0.3) is 0 Å². The lowest BCUT2D eigenvalue weighted by molar-refractivity contribution is -0.683. The van der Waals surface area contributed by atoms with Gasteiger partial charge in [-0.05, 0) is 11.1 Å². The summed E-state index contributed by atoms with van der Waals surface area (Å²) in [5, 5.41) is 23.1. The van der Waals surface area contributed by atoms with E-state index < -0.39 is 0 Å². The van der Waals surface area contributed by atoms with E-state index >= 15 is 0 Å². The smallest absolute Gasteiger partial charge is 0.227 e. The van der Waals surface area contributed by atoms with Gasteiger partial charge in [0.15, 0.2) is 24.8 Å². The second kappa shape index (κ2) is 14.7. The molecule has 2 N–H and O–H groups in total. The fourth-order valence-electron chi connectivity index (χ4n) is 3.67. The van der Waals surface area contributed by atoms with Crippen LogP contribution in [0.1, 0.15) is 31.8 Å². The van der Waals surface area contributed by atoms with Gasteiger partial charge in [-0.15, -0.1) is 0 Å². The third-order valence-electron chi connectivity index (χ3n) is 5.65. The van der Waals surface area contributed by atoms with Crippen molar-refractivity contribution < 1.29 is 63.1 Å². The number of rotatable bonds is 9. The Morgan fingerprint density at radius 1 is 0.579 bits per heavy atom. The lowest BCUT2D eigenvalue weighted by atomic mass is 10.00. The van der Waals surface area contributed by atoms with Crippen molar-refractivity contribution in [3.05, 3.63) is 120 Å². The molecule has 0 atom stereocenters. The number of nitrogens with zero attached hydrogens (tertiary/aromatic N) is 4. The highest BCUT2D eigenvalue weighted by Crippen LogP contribution is 2.21. The van der Waals surface area contributed by atoms with E-state index in [0.29, 0.717) is 11.1 Å². The van der Waals surface area contributed by atoms with E-state index in [2.05, 4.69) is 10.3 Å². The van der Waals surface area contributed by atoms with Gasteiger partial charge in [-0.2, -0.15) is 9.13 Å². The molecule has 8 nitrogen and oxygen atoms in total. The number of Topliss-reactive ketones (excluding diaryl/α,β-unsaturated/α-hetero) is 2. The molecule has 194 valence electrons. The number of carbonyl (C=O) groups excluding carboxylic acids is 2. The quantitative estimate of drug-likeness (QED) is 0.0685. The topological polar surface area (TPSA) is 107 Å². The number of aromatic nitrogens is 2. The van der Waals surface area contributed by atoms with Gasteiger partial charge in [0.1, 0.15) is 0 Å². The number of carbonyl (C=O) groups is 2.